The predicted octanol–water partition coefficient (Wildman–Crippen LogP) is 2.52. The number of nitrogens with two attached hydrogens (primary N) is 1. The number of nitrogens with one attached hydrogen (secondary N) is 1. The van der Waals surface area contributed by atoms with Crippen LogP contribution in [0.1, 0.15) is 18.5 Å². The smallest absolute Gasteiger partial charge is 0.396 e. The van der Waals surface area contributed by atoms with E-state index in [4.69, 9.17) is 10.5 Å². The molecule has 1 aromatic rings. The number of rotatable bonds is 6. The fourth-order valence-corrected chi connectivity index (χ4v) is 1.57. The topological polar surface area (TPSA) is 60.2 Å². The molecule has 2 rings (SSSR count). The SMILES string of the molecule is Nc1cnc(C(F)(F)F)cc1NCCOCC1CC1. The molecular formula is C12H16F3N3O. The highest BCUT2D eigenvalue weighted by Crippen LogP contribution is 2.31. The zero-order valence-corrected chi connectivity index (χ0v) is 10.3. The highest BCUT2D eigenvalue weighted by Gasteiger charge is 2.32. The third kappa shape index (κ3) is 4.27. The summed E-state index contributed by atoms with van der Waals surface area (Å²) in [4.78, 5) is 3.26. The Balaban J connectivity index is 1.83. The van der Waals surface area contributed by atoms with E-state index in [0.29, 0.717) is 19.1 Å². The molecule has 0 amide bonds. The molecule has 0 saturated heterocycles. The molecule has 106 valence electrons. The number of hydrogen-bond donors (Lipinski definition) is 2. The third-order valence-electron chi connectivity index (χ3n) is 2.84. The number of nitrogen functional groups attached to an aromatic ring is 1. The lowest BCUT2D eigenvalue weighted by molar-refractivity contribution is -0.141. The van der Waals surface area contributed by atoms with Gasteiger partial charge >= 0.3 is 6.18 Å². The van der Waals surface area contributed by atoms with Crippen LogP contribution in [0.15, 0.2) is 12.3 Å². The normalized spacial score (nSPS) is 15.5. The second kappa shape index (κ2) is 5.64. The molecule has 0 bridgehead atoms. The minimum atomic E-state index is -4.47. The van der Waals surface area contributed by atoms with E-state index in [2.05, 4.69) is 10.3 Å². The van der Waals surface area contributed by atoms with Gasteiger partial charge in [-0.3, -0.25) is 0 Å². The summed E-state index contributed by atoms with van der Waals surface area (Å²) in [7, 11) is 0. The van der Waals surface area contributed by atoms with Crippen LogP contribution in [0.3, 0.4) is 0 Å². The number of hydrogen-bond acceptors (Lipinski definition) is 4. The van der Waals surface area contributed by atoms with Gasteiger partial charge in [0.05, 0.1) is 24.2 Å². The van der Waals surface area contributed by atoms with Crippen LogP contribution in [0.25, 0.3) is 0 Å². The molecular weight excluding hydrogens is 259 g/mol. The zero-order chi connectivity index (χ0) is 13.9. The van der Waals surface area contributed by atoms with Gasteiger partial charge in [-0.1, -0.05) is 0 Å². The fraction of sp³-hybridized carbons (Fsp3) is 0.583. The molecule has 0 aromatic carbocycles. The average Bonchev–Trinajstić information content (AvgIpc) is 3.13. The lowest BCUT2D eigenvalue weighted by atomic mass is 10.2. The summed E-state index contributed by atoms with van der Waals surface area (Å²) in [5.74, 6) is 0.669. The summed E-state index contributed by atoms with van der Waals surface area (Å²) in [5.41, 5.74) is 5.04. The molecule has 19 heavy (non-hydrogen) atoms. The quantitative estimate of drug-likeness (QED) is 0.783. The Hall–Kier alpha value is -1.50. The molecule has 0 spiro atoms. The van der Waals surface area contributed by atoms with Gasteiger partial charge in [0.15, 0.2) is 0 Å². The van der Waals surface area contributed by atoms with Crippen molar-refractivity contribution in [2.24, 2.45) is 5.92 Å². The minimum Gasteiger partial charge on any atom is -0.396 e. The second-order valence-corrected chi connectivity index (χ2v) is 4.60. The van der Waals surface area contributed by atoms with Crippen LogP contribution in [-0.4, -0.2) is 24.7 Å². The van der Waals surface area contributed by atoms with Gasteiger partial charge in [0.2, 0.25) is 0 Å². The Morgan fingerprint density at radius 1 is 1.42 bits per heavy atom. The first-order chi connectivity index (χ1) is 8.97. The fourth-order valence-electron chi connectivity index (χ4n) is 1.57. The molecule has 1 aliphatic rings. The first-order valence-corrected chi connectivity index (χ1v) is 6.11. The van der Waals surface area contributed by atoms with Crippen LogP contribution in [0.2, 0.25) is 0 Å². The average molecular weight is 275 g/mol. The summed E-state index contributed by atoms with van der Waals surface area (Å²) in [6.45, 7) is 1.58. The largest absolute Gasteiger partial charge is 0.433 e. The lowest BCUT2D eigenvalue weighted by Crippen LogP contribution is -2.14. The maximum absolute atomic E-state index is 12.5. The first kappa shape index (κ1) is 13.9. The Morgan fingerprint density at radius 2 is 2.16 bits per heavy atom. The summed E-state index contributed by atoms with van der Waals surface area (Å²) >= 11 is 0. The van der Waals surface area contributed by atoms with Crippen molar-refractivity contribution in [1.82, 2.24) is 4.98 Å². The van der Waals surface area contributed by atoms with Gasteiger partial charge in [0, 0.05) is 13.2 Å². The van der Waals surface area contributed by atoms with Crippen molar-refractivity contribution >= 4 is 11.4 Å². The Bertz CT molecular complexity index is 433. The van der Waals surface area contributed by atoms with E-state index < -0.39 is 11.9 Å². The highest BCUT2D eigenvalue weighted by atomic mass is 19.4. The van der Waals surface area contributed by atoms with Crippen LogP contribution in [0, 0.1) is 5.92 Å². The van der Waals surface area contributed by atoms with E-state index in [1.807, 2.05) is 0 Å². The maximum Gasteiger partial charge on any atom is 0.433 e. The zero-order valence-electron chi connectivity index (χ0n) is 10.3. The molecule has 0 aliphatic heterocycles. The first-order valence-electron chi connectivity index (χ1n) is 6.11. The van der Waals surface area contributed by atoms with Crippen molar-refractivity contribution in [2.45, 2.75) is 19.0 Å². The van der Waals surface area contributed by atoms with E-state index >= 15 is 0 Å². The van der Waals surface area contributed by atoms with Crippen molar-refractivity contribution in [2.75, 3.05) is 30.8 Å². The highest BCUT2D eigenvalue weighted by molar-refractivity contribution is 5.65. The van der Waals surface area contributed by atoms with Gasteiger partial charge in [-0.05, 0) is 24.8 Å². The molecule has 1 aliphatic carbocycles. The van der Waals surface area contributed by atoms with Crippen molar-refractivity contribution in [3.63, 3.8) is 0 Å². The van der Waals surface area contributed by atoms with E-state index in [-0.39, 0.29) is 11.4 Å². The number of pyridine rings is 1. The van der Waals surface area contributed by atoms with Gasteiger partial charge in [0.1, 0.15) is 5.69 Å². The van der Waals surface area contributed by atoms with Crippen LogP contribution < -0.4 is 11.1 Å². The number of halogens is 3. The molecule has 1 aromatic heterocycles. The predicted molar refractivity (Wildman–Crippen MR) is 65.7 cm³/mol. The Morgan fingerprint density at radius 3 is 2.79 bits per heavy atom. The van der Waals surface area contributed by atoms with Crippen molar-refractivity contribution in [3.8, 4) is 0 Å². The molecule has 1 heterocycles. The van der Waals surface area contributed by atoms with Crippen LogP contribution in [0.5, 0.6) is 0 Å². The summed E-state index contributed by atoms with van der Waals surface area (Å²) < 4.78 is 42.8. The number of nitrogens with zero attached hydrogens (tertiary/aromatic N) is 1. The number of ether oxygens (including phenoxy) is 1. The molecule has 4 nitrogen and oxygen atoms in total. The summed E-state index contributed by atoms with van der Waals surface area (Å²) in [6.07, 6.45) is -1.04. The van der Waals surface area contributed by atoms with Crippen LogP contribution in [0.4, 0.5) is 24.5 Å². The monoisotopic (exact) mass is 275 g/mol. The van der Waals surface area contributed by atoms with Gasteiger partial charge < -0.3 is 15.8 Å². The molecule has 0 radical (unpaired) electrons. The van der Waals surface area contributed by atoms with Crippen LogP contribution in [-0.2, 0) is 10.9 Å². The molecule has 3 N–H and O–H groups in total. The Kier molecular flexibility index (Phi) is 4.14. The number of aromatic nitrogens is 1. The van der Waals surface area contributed by atoms with Gasteiger partial charge in [-0.2, -0.15) is 13.2 Å². The summed E-state index contributed by atoms with van der Waals surface area (Å²) in [5, 5.41) is 2.83. The van der Waals surface area contributed by atoms with Gasteiger partial charge in [-0.25, -0.2) is 4.98 Å². The third-order valence-corrected chi connectivity index (χ3v) is 2.84. The second-order valence-electron chi connectivity index (χ2n) is 4.60. The molecule has 0 atom stereocenters. The summed E-state index contributed by atoms with van der Waals surface area (Å²) in [6, 6.07) is 0.913. The number of alkyl halides is 3. The van der Waals surface area contributed by atoms with Gasteiger partial charge in [-0.15, -0.1) is 0 Å². The lowest BCUT2D eigenvalue weighted by Gasteiger charge is -2.12. The van der Waals surface area contributed by atoms with E-state index in [1.165, 1.54) is 12.8 Å². The minimum absolute atomic E-state index is 0.190. The molecule has 7 heteroatoms. The molecule has 1 fully saturated rings. The van der Waals surface area contributed by atoms with Crippen molar-refractivity contribution in [1.29, 1.82) is 0 Å². The van der Waals surface area contributed by atoms with Crippen molar-refractivity contribution in [3.05, 3.63) is 18.0 Å². The maximum atomic E-state index is 12.5. The van der Waals surface area contributed by atoms with Crippen molar-refractivity contribution < 1.29 is 17.9 Å². The van der Waals surface area contributed by atoms with E-state index in [0.717, 1.165) is 18.9 Å². The number of anilines is 2. The van der Waals surface area contributed by atoms with Gasteiger partial charge in [0.25, 0.3) is 0 Å². The molecule has 1 saturated carbocycles. The Labute approximate surface area is 109 Å². The van der Waals surface area contributed by atoms with Crippen LogP contribution >= 0.6 is 0 Å². The molecule has 0 unspecified atom stereocenters. The standard InChI is InChI=1S/C12H16F3N3O/c13-12(14,15)11-5-10(9(16)6-18-11)17-3-4-19-7-8-1-2-8/h5-6,8H,1-4,7,16H2,(H,17,18). The van der Waals surface area contributed by atoms with E-state index in [1.54, 1.807) is 0 Å². The van der Waals surface area contributed by atoms with E-state index in [9.17, 15) is 13.2 Å².